The number of para-hydroxylation sites is 1. The minimum atomic E-state index is -1.38. The number of aromatic amines is 1. The molecule has 1 aromatic carbocycles. The summed E-state index contributed by atoms with van der Waals surface area (Å²) in [4.78, 5) is 83.8. The normalized spacial score (nSPS) is 14.3. The van der Waals surface area contributed by atoms with Crippen molar-refractivity contribution in [2.75, 3.05) is 6.54 Å². The van der Waals surface area contributed by atoms with Crippen molar-refractivity contribution in [1.82, 2.24) is 26.3 Å². The molecular formula is C33H51N9O7. The van der Waals surface area contributed by atoms with Crippen LogP contribution in [0.5, 0.6) is 0 Å². The molecule has 49 heavy (non-hydrogen) atoms. The van der Waals surface area contributed by atoms with Crippen molar-refractivity contribution in [2.45, 2.75) is 96.4 Å². The van der Waals surface area contributed by atoms with Crippen molar-refractivity contribution in [1.29, 1.82) is 0 Å². The molecule has 0 aliphatic carbocycles. The lowest BCUT2D eigenvalue weighted by atomic mass is 10.00. The quantitative estimate of drug-likeness (QED) is 0.0361. The predicted octanol–water partition coefficient (Wildman–Crippen LogP) is -0.204. The van der Waals surface area contributed by atoms with Gasteiger partial charge in [0.25, 0.3) is 0 Å². The van der Waals surface area contributed by atoms with Crippen molar-refractivity contribution in [3.8, 4) is 0 Å². The van der Waals surface area contributed by atoms with Crippen LogP contribution >= 0.6 is 0 Å². The topological polar surface area (TPSA) is 277 Å². The number of hydrogen-bond acceptors (Lipinski definition) is 8. The van der Waals surface area contributed by atoms with E-state index in [1.807, 2.05) is 38.1 Å². The zero-order valence-electron chi connectivity index (χ0n) is 28.5. The van der Waals surface area contributed by atoms with E-state index in [0.29, 0.717) is 24.7 Å². The second kappa shape index (κ2) is 19.7. The summed E-state index contributed by atoms with van der Waals surface area (Å²) in [5.74, 6) is -4.42. The highest BCUT2D eigenvalue weighted by Crippen LogP contribution is 2.19. The van der Waals surface area contributed by atoms with Crippen LogP contribution in [0.25, 0.3) is 10.9 Å². The number of H-pyrrole nitrogens is 1. The summed E-state index contributed by atoms with van der Waals surface area (Å²) in [6.07, 6.45) is 2.63. The fourth-order valence-electron chi connectivity index (χ4n) is 5.19. The van der Waals surface area contributed by atoms with Crippen LogP contribution in [0.2, 0.25) is 0 Å². The van der Waals surface area contributed by atoms with Gasteiger partial charge in [-0.2, -0.15) is 0 Å². The van der Waals surface area contributed by atoms with Crippen LogP contribution in [-0.2, 0) is 35.2 Å². The molecule has 0 saturated heterocycles. The molecule has 0 bridgehead atoms. The van der Waals surface area contributed by atoms with Gasteiger partial charge in [-0.3, -0.25) is 29.0 Å². The molecule has 2 aromatic rings. The smallest absolute Gasteiger partial charge is 0.303 e. The molecule has 2 rings (SSSR count). The van der Waals surface area contributed by atoms with E-state index >= 15 is 0 Å². The van der Waals surface area contributed by atoms with E-state index in [4.69, 9.17) is 17.2 Å². The molecule has 0 aliphatic rings. The van der Waals surface area contributed by atoms with Gasteiger partial charge >= 0.3 is 5.97 Å². The second-order valence-electron chi connectivity index (χ2n) is 12.8. The number of aromatic nitrogens is 1. The number of aldehydes is 1. The van der Waals surface area contributed by atoms with E-state index in [-0.39, 0.29) is 37.7 Å². The number of carboxylic acids is 1. The first-order valence-corrected chi connectivity index (χ1v) is 16.4. The van der Waals surface area contributed by atoms with E-state index in [1.54, 1.807) is 20.0 Å². The van der Waals surface area contributed by atoms with Crippen LogP contribution < -0.4 is 38.5 Å². The third-order valence-electron chi connectivity index (χ3n) is 7.78. The largest absolute Gasteiger partial charge is 0.481 e. The van der Waals surface area contributed by atoms with E-state index < -0.39 is 72.1 Å². The summed E-state index contributed by atoms with van der Waals surface area (Å²) in [5, 5.41) is 20.7. The minimum Gasteiger partial charge on any atom is -0.481 e. The SMILES string of the molecule is CC(C)C[C@@H](C=O)NC(=O)[C@H](Cc1c[nH]c2ccccc12)NC(=O)[C@H](CCC(=O)O)NC(=O)[C@@H](NC(=O)[C@@H](N)CCCN=C(N)N)C(C)C. The molecule has 5 atom stereocenters. The van der Waals surface area contributed by atoms with Crippen LogP contribution in [0, 0.1) is 11.8 Å². The van der Waals surface area contributed by atoms with Crippen LogP contribution in [0.4, 0.5) is 0 Å². The monoisotopic (exact) mass is 685 g/mol. The summed E-state index contributed by atoms with van der Waals surface area (Å²) in [6.45, 7) is 7.44. The molecule has 270 valence electrons. The molecule has 0 unspecified atom stereocenters. The Morgan fingerprint density at radius 1 is 0.898 bits per heavy atom. The highest BCUT2D eigenvalue weighted by atomic mass is 16.4. The van der Waals surface area contributed by atoms with Crippen molar-refractivity contribution in [2.24, 2.45) is 34.0 Å². The number of benzene rings is 1. The van der Waals surface area contributed by atoms with Gasteiger partial charge in [0.1, 0.15) is 24.4 Å². The van der Waals surface area contributed by atoms with Gasteiger partial charge in [0, 0.05) is 36.5 Å². The lowest BCUT2D eigenvalue weighted by Crippen LogP contribution is -2.59. The number of carboxylic acid groups (broad SMARTS) is 1. The Balaban J connectivity index is 2.29. The first-order chi connectivity index (χ1) is 23.1. The number of nitrogens with two attached hydrogens (primary N) is 3. The molecule has 0 aliphatic heterocycles. The minimum absolute atomic E-state index is 0.0280. The second-order valence-corrected chi connectivity index (χ2v) is 12.8. The van der Waals surface area contributed by atoms with Gasteiger partial charge < -0.3 is 53.4 Å². The maximum atomic E-state index is 13.7. The van der Waals surface area contributed by atoms with E-state index in [1.165, 1.54) is 0 Å². The average Bonchev–Trinajstić information content (AvgIpc) is 3.44. The lowest BCUT2D eigenvalue weighted by molar-refractivity contribution is -0.138. The number of hydrogen-bond donors (Lipinski definition) is 9. The Morgan fingerprint density at radius 3 is 2.16 bits per heavy atom. The number of nitrogens with zero attached hydrogens (tertiary/aromatic N) is 1. The first-order valence-electron chi connectivity index (χ1n) is 16.4. The Bertz CT molecular complexity index is 1470. The maximum absolute atomic E-state index is 13.7. The Labute approximate surface area is 285 Å². The van der Waals surface area contributed by atoms with Gasteiger partial charge in [0.05, 0.1) is 12.1 Å². The van der Waals surface area contributed by atoms with Crippen molar-refractivity contribution < 1.29 is 33.9 Å². The fourth-order valence-corrected chi connectivity index (χ4v) is 5.19. The molecule has 1 heterocycles. The number of nitrogens with one attached hydrogen (secondary N) is 5. The highest BCUT2D eigenvalue weighted by molar-refractivity contribution is 5.96. The molecule has 1 aromatic heterocycles. The number of amides is 4. The zero-order valence-corrected chi connectivity index (χ0v) is 28.5. The van der Waals surface area contributed by atoms with Crippen LogP contribution in [0.15, 0.2) is 35.5 Å². The van der Waals surface area contributed by atoms with Crippen molar-refractivity contribution in [3.63, 3.8) is 0 Å². The Hall–Kier alpha value is -4.99. The third-order valence-corrected chi connectivity index (χ3v) is 7.78. The van der Waals surface area contributed by atoms with Crippen LogP contribution in [-0.4, -0.2) is 88.7 Å². The van der Waals surface area contributed by atoms with Crippen LogP contribution in [0.3, 0.4) is 0 Å². The summed E-state index contributed by atoms with van der Waals surface area (Å²) in [7, 11) is 0. The number of carbonyl (C=O) groups excluding carboxylic acids is 5. The average molecular weight is 686 g/mol. The van der Waals surface area contributed by atoms with E-state index in [2.05, 4.69) is 31.2 Å². The summed E-state index contributed by atoms with van der Waals surface area (Å²) in [6, 6.07) is 1.94. The van der Waals surface area contributed by atoms with E-state index in [0.717, 1.165) is 10.9 Å². The molecule has 0 radical (unpaired) electrons. The van der Waals surface area contributed by atoms with Gasteiger partial charge in [-0.1, -0.05) is 45.9 Å². The van der Waals surface area contributed by atoms with Gasteiger partial charge in [-0.25, -0.2) is 0 Å². The third kappa shape index (κ3) is 13.6. The molecular weight excluding hydrogens is 634 g/mol. The van der Waals surface area contributed by atoms with Gasteiger partial charge in [0.15, 0.2) is 5.96 Å². The van der Waals surface area contributed by atoms with E-state index in [9.17, 15) is 33.9 Å². The lowest BCUT2D eigenvalue weighted by Gasteiger charge is -2.27. The molecule has 0 saturated carbocycles. The van der Waals surface area contributed by atoms with Crippen molar-refractivity contribution >= 4 is 52.7 Å². The summed E-state index contributed by atoms with van der Waals surface area (Å²) >= 11 is 0. The highest BCUT2D eigenvalue weighted by Gasteiger charge is 2.33. The summed E-state index contributed by atoms with van der Waals surface area (Å²) < 4.78 is 0. The number of guanidine groups is 1. The van der Waals surface area contributed by atoms with Crippen molar-refractivity contribution in [3.05, 3.63) is 36.0 Å². The summed E-state index contributed by atoms with van der Waals surface area (Å²) in [5.41, 5.74) is 18.2. The Kier molecular flexibility index (Phi) is 16.2. The number of fused-ring (bicyclic) bond motifs is 1. The Morgan fingerprint density at radius 2 is 1.55 bits per heavy atom. The van der Waals surface area contributed by atoms with Crippen LogP contribution in [0.1, 0.15) is 65.4 Å². The number of rotatable bonds is 21. The molecule has 0 spiro atoms. The number of aliphatic imine (C=N–C) groups is 1. The molecule has 16 nitrogen and oxygen atoms in total. The standard InChI is InChI=1S/C33H51N9O7/c1-18(2)14-21(17-43)39-31(48)26(15-20-16-38-24-10-6-5-8-22(20)24)41-30(47)25(11-12-27(44)45)40-32(49)28(19(3)4)42-29(46)23(34)9-7-13-37-33(35)36/h5-6,8,10,16-19,21,23,25-26,28,38H,7,9,11-15,34H2,1-4H3,(H,39,48)(H,40,49)(H,41,47)(H,42,46)(H,44,45)(H4,35,36,37)/t21-,23-,25-,26-,28-/m0/s1. The maximum Gasteiger partial charge on any atom is 0.303 e. The molecule has 4 amide bonds. The zero-order chi connectivity index (χ0) is 36.7. The molecule has 12 N–H and O–H groups in total. The fraction of sp³-hybridized carbons (Fsp3) is 0.545. The number of aliphatic carboxylic acids is 1. The van der Waals surface area contributed by atoms with Gasteiger partial charge in [-0.15, -0.1) is 0 Å². The van der Waals surface area contributed by atoms with Gasteiger partial charge in [-0.05, 0) is 49.1 Å². The van der Waals surface area contributed by atoms with Gasteiger partial charge in [0.2, 0.25) is 23.6 Å². The molecule has 16 heteroatoms. The molecule has 0 fully saturated rings. The number of carbonyl (C=O) groups is 6. The predicted molar refractivity (Wildman–Crippen MR) is 185 cm³/mol. The first kappa shape index (κ1) is 40.2.